The van der Waals surface area contributed by atoms with E-state index in [-0.39, 0.29) is 4.90 Å². The van der Waals surface area contributed by atoms with E-state index in [4.69, 9.17) is 0 Å². The molecule has 1 N–H and O–H groups in total. The number of rotatable bonds is 4. The van der Waals surface area contributed by atoms with Crippen LogP contribution in [-0.2, 0) is 10.0 Å². The van der Waals surface area contributed by atoms with Gasteiger partial charge in [0.25, 0.3) is 0 Å². The van der Waals surface area contributed by atoms with E-state index in [1.165, 1.54) is 6.07 Å². The van der Waals surface area contributed by atoms with Gasteiger partial charge in [-0.15, -0.1) is 0 Å². The lowest BCUT2D eigenvalue weighted by atomic mass is 10.2. The Bertz CT molecular complexity index is 528. The van der Waals surface area contributed by atoms with E-state index >= 15 is 0 Å². The Morgan fingerprint density at radius 3 is 2.50 bits per heavy atom. The van der Waals surface area contributed by atoms with Gasteiger partial charge in [-0.05, 0) is 24.6 Å². The summed E-state index contributed by atoms with van der Waals surface area (Å²) >= 11 is 3.12. The van der Waals surface area contributed by atoms with Crippen LogP contribution in [0.5, 0.6) is 0 Å². The van der Waals surface area contributed by atoms with Crippen LogP contribution in [0.3, 0.4) is 0 Å². The summed E-state index contributed by atoms with van der Waals surface area (Å²) in [5, 5.41) is 0. The Morgan fingerprint density at radius 2 is 1.94 bits per heavy atom. The van der Waals surface area contributed by atoms with Gasteiger partial charge in [-0.3, -0.25) is 0 Å². The predicted molar refractivity (Wildman–Crippen MR) is 64.7 cm³/mol. The number of aryl methyl sites for hydroxylation is 1. The molecule has 0 aromatic heterocycles. The Kier molecular flexibility index (Phi) is 4.79. The number of hydrogen-bond donors (Lipinski definition) is 1. The normalized spacial score (nSPS) is 12.7. The number of hydrogen-bond acceptors (Lipinski definition) is 2. The van der Waals surface area contributed by atoms with Gasteiger partial charge in [-0.1, -0.05) is 22.0 Å². The molecule has 0 saturated heterocycles. The molecule has 0 saturated carbocycles. The molecule has 0 spiro atoms. The van der Waals surface area contributed by atoms with Crippen LogP contribution in [-0.4, -0.2) is 21.1 Å². The number of nitrogens with one attached hydrogen (secondary N) is 1. The molecule has 18 heavy (non-hydrogen) atoms. The molecule has 1 aromatic carbocycles. The lowest BCUT2D eigenvalue weighted by Gasteiger charge is -2.10. The van der Waals surface area contributed by atoms with Gasteiger partial charge in [0.2, 0.25) is 10.0 Å². The van der Waals surface area contributed by atoms with Crippen molar-refractivity contribution in [3.8, 4) is 0 Å². The maximum absolute atomic E-state index is 11.9. The standard InChI is InChI=1S/C10H11BrF3NO2S/c1-7-2-3-8(11)6-9(7)18(16,17)15-5-4-10(12,13)14/h2-3,6,15H,4-5H2,1H3. The van der Waals surface area contributed by atoms with Crippen molar-refractivity contribution in [2.75, 3.05) is 6.54 Å². The van der Waals surface area contributed by atoms with E-state index in [2.05, 4.69) is 15.9 Å². The average Bonchev–Trinajstić information content (AvgIpc) is 2.19. The zero-order valence-corrected chi connectivity index (χ0v) is 11.8. The van der Waals surface area contributed by atoms with Crippen LogP contribution in [0.2, 0.25) is 0 Å². The molecule has 1 aromatic rings. The fraction of sp³-hybridized carbons (Fsp3) is 0.400. The maximum atomic E-state index is 11.9. The van der Waals surface area contributed by atoms with E-state index in [1.807, 2.05) is 4.72 Å². The van der Waals surface area contributed by atoms with Crippen molar-refractivity contribution in [2.45, 2.75) is 24.4 Å². The molecule has 0 unspecified atom stereocenters. The molecule has 0 aliphatic heterocycles. The van der Waals surface area contributed by atoms with Crippen LogP contribution in [0.1, 0.15) is 12.0 Å². The molecule has 0 atom stereocenters. The van der Waals surface area contributed by atoms with Crippen molar-refractivity contribution < 1.29 is 21.6 Å². The Labute approximate surface area is 112 Å². The van der Waals surface area contributed by atoms with Crippen molar-refractivity contribution in [1.29, 1.82) is 0 Å². The molecule has 8 heteroatoms. The predicted octanol–water partition coefficient (Wildman–Crippen LogP) is 2.99. The van der Waals surface area contributed by atoms with E-state index in [0.29, 0.717) is 10.0 Å². The van der Waals surface area contributed by atoms with Crippen LogP contribution in [0, 0.1) is 6.92 Å². The molecule has 0 aliphatic rings. The minimum absolute atomic E-state index is 0.0287. The summed E-state index contributed by atoms with van der Waals surface area (Å²) in [6, 6.07) is 4.58. The van der Waals surface area contributed by atoms with E-state index in [9.17, 15) is 21.6 Å². The van der Waals surface area contributed by atoms with Crippen molar-refractivity contribution in [3.63, 3.8) is 0 Å². The number of halogens is 4. The van der Waals surface area contributed by atoms with Crippen LogP contribution >= 0.6 is 15.9 Å². The van der Waals surface area contributed by atoms with Gasteiger partial charge in [0.1, 0.15) is 0 Å². The second kappa shape index (κ2) is 5.58. The van der Waals surface area contributed by atoms with Crippen molar-refractivity contribution >= 4 is 26.0 Å². The largest absolute Gasteiger partial charge is 0.390 e. The Balaban J connectivity index is 2.84. The third-order valence-electron chi connectivity index (χ3n) is 2.14. The molecule has 102 valence electrons. The van der Waals surface area contributed by atoms with E-state index in [0.717, 1.165) is 0 Å². The summed E-state index contributed by atoms with van der Waals surface area (Å²) in [7, 11) is -3.92. The third kappa shape index (κ3) is 4.58. The van der Waals surface area contributed by atoms with Gasteiger partial charge >= 0.3 is 6.18 Å². The molecular weight excluding hydrogens is 335 g/mol. The molecule has 0 heterocycles. The summed E-state index contributed by atoms with van der Waals surface area (Å²) in [4.78, 5) is -0.0287. The van der Waals surface area contributed by atoms with Gasteiger partial charge in [0.15, 0.2) is 0 Å². The van der Waals surface area contributed by atoms with Gasteiger partial charge < -0.3 is 0 Å². The van der Waals surface area contributed by atoms with Crippen molar-refractivity contribution in [1.82, 2.24) is 4.72 Å². The molecule has 0 radical (unpaired) electrons. The van der Waals surface area contributed by atoms with Crippen molar-refractivity contribution in [2.24, 2.45) is 0 Å². The van der Waals surface area contributed by atoms with Crippen LogP contribution < -0.4 is 4.72 Å². The molecule has 0 aliphatic carbocycles. The summed E-state index contributed by atoms with van der Waals surface area (Å²) < 4.78 is 61.9. The highest BCUT2D eigenvalue weighted by Crippen LogP contribution is 2.22. The van der Waals surface area contributed by atoms with E-state index in [1.54, 1.807) is 19.1 Å². The lowest BCUT2D eigenvalue weighted by molar-refractivity contribution is -0.132. The molecular formula is C10H11BrF3NO2S. The lowest BCUT2D eigenvalue weighted by Crippen LogP contribution is -2.28. The highest BCUT2D eigenvalue weighted by atomic mass is 79.9. The van der Waals surface area contributed by atoms with Crippen LogP contribution in [0.4, 0.5) is 13.2 Å². The monoisotopic (exact) mass is 345 g/mol. The highest BCUT2D eigenvalue weighted by Gasteiger charge is 2.27. The zero-order chi connectivity index (χ0) is 14.0. The fourth-order valence-electron chi connectivity index (χ4n) is 1.27. The number of benzene rings is 1. The first-order valence-corrected chi connectivity index (χ1v) is 7.22. The van der Waals surface area contributed by atoms with Gasteiger partial charge in [-0.25, -0.2) is 13.1 Å². The summed E-state index contributed by atoms with van der Waals surface area (Å²) in [5.41, 5.74) is 0.470. The Hall–Kier alpha value is -0.600. The zero-order valence-electron chi connectivity index (χ0n) is 9.38. The first kappa shape index (κ1) is 15.5. The molecule has 3 nitrogen and oxygen atoms in total. The SMILES string of the molecule is Cc1ccc(Br)cc1S(=O)(=O)NCCC(F)(F)F. The smallest absolute Gasteiger partial charge is 0.211 e. The van der Waals surface area contributed by atoms with Gasteiger partial charge in [0.05, 0.1) is 11.3 Å². The highest BCUT2D eigenvalue weighted by molar-refractivity contribution is 9.10. The molecule has 0 amide bonds. The molecule has 0 bridgehead atoms. The van der Waals surface area contributed by atoms with Gasteiger partial charge in [0, 0.05) is 11.0 Å². The second-order valence-electron chi connectivity index (χ2n) is 3.67. The minimum Gasteiger partial charge on any atom is -0.211 e. The maximum Gasteiger partial charge on any atom is 0.390 e. The van der Waals surface area contributed by atoms with Crippen molar-refractivity contribution in [3.05, 3.63) is 28.2 Å². The van der Waals surface area contributed by atoms with Crippen LogP contribution in [0.25, 0.3) is 0 Å². The van der Waals surface area contributed by atoms with Gasteiger partial charge in [-0.2, -0.15) is 13.2 Å². The summed E-state index contributed by atoms with van der Waals surface area (Å²) in [6.45, 7) is 0.905. The third-order valence-corrected chi connectivity index (χ3v) is 4.24. The number of sulfonamides is 1. The summed E-state index contributed by atoms with van der Waals surface area (Å²) in [5.74, 6) is 0. The van der Waals surface area contributed by atoms with E-state index < -0.39 is 29.2 Å². The first-order valence-electron chi connectivity index (χ1n) is 4.94. The minimum atomic E-state index is -4.38. The molecule has 0 fully saturated rings. The first-order chi connectivity index (χ1) is 8.12. The fourth-order valence-corrected chi connectivity index (χ4v) is 3.08. The average molecular weight is 346 g/mol. The Morgan fingerprint density at radius 1 is 1.33 bits per heavy atom. The number of alkyl halides is 3. The topological polar surface area (TPSA) is 46.2 Å². The summed E-state index contributed by atoms with van der Waals surface area (Å²) in [6.07, 6.45) is -5.58. The second-order valence-corrected chi connectivity index (χ2v) is 6.32. The van der Waals surface area contributed by atoms with Crippen LogP contribution in [0.15, 0.2) is 27.6 Å². The quantitative estimate of drug-likeness (QED) is 0.911. The molecule has 1 rings (SSSR count).